The average Bonchev–Trinajstić information content (AvgIpc) is 3.14. The Kier molecular flexibility index (Phi) is 7.42. The summed E-state index contributed by atoms with van der Waals surface area (Å²) in [6.45, 7) is 6.45. The molecule has 0 spiro atoms. The summed E-state index contributed by atoms with van der Waals surface area (Å²) in [5.41, 5.74) is 3.46. The van der Waals surface area contributed by atoms with Gasteiger partial charge in [-0.05, 0) is 68.3 Å². The van der Waals surface area contributed by atoms with Crippen LogP contribution in [0.2, 0.25) is 0 Å². The van der Waals surface area contributed by atoms with Crippen LogP contribution < -0.4 is 15.4 Å². The van der Waals surface area contributed by atoms with Crippen LogP contribution in [0.3, 0.4) is 0 Å². The first kappa shape index (κ1) is 21.8. The van der Waals surface area contributed by atoms with E-state index in [1.54, 1.807) is 24.3 Å². The van der Waals surface area contributed by atoms with Crippen LogP contribution in [-0.2, 0) is 4.79 Å². The molecule has 0 atom stereocenters. The molecule has 1 heterocycles. The van der Waals surface area contributed by atoms with Gasteiger partial charge in [0.25, 0.3) is 5.91 Å². The van der Waals surface area contributed by atoms with Crippen LogP contribution >= 0.6 is 23.1 Å². The molecule has 30 heavy (non-hydrogen) atoms. The Hall–Kier alpha value is -2.91. The highest BCUT2D eigenvalue weighted by Crippen LogP contribution is 2.26. The van der Waals surface area contributed by atoms with Crippen molar-refractivity contribution in [2.24, 2.45) is 0 Å². The summed E-state index contributed by atoms with van der Waals surface area (Å²) in [5.74, 6) is 0.510. The standard InChI is InChI=1S/C21H22N4O3S2/c1-4-28-17-7-5-15(6-8-17)19(27)23-20-24-25-21(30-20)29-12-18(26)22-16-10-13(2)9-14(3)11-16/h5-11H,4,12H2,1-3H3,(H,22,26)(H,23,24,27). The number of ether oxygens (including phenoxy) is 1. The third kappa shape index (κ3) is 6.30. The first-order valence-corrected chi connectivity index (χ1v) is 11.1. The molecular weight excluding hydrogens is 420 g/mol. The van der Waals surface area contributed by atoms with Crippen LogP contribution in [0.25, 0.3) is 0 Å². The van der Waals surface area contributed by atoms with Crippen LogP contribution in [0.5, 0.6) is 5.75 Å². The van der Waals surface area contributed by atoms with E-state index >= 15 is 0 Å². The van der Waals surface area contributed by atoms with E-state index in [-0.39, 0.29) is 17.6 Å². The number of anilines is 2. The molecule has 0 fully saturated rings. The molecule has 3 rings (SSSR count). The molecule has 1 aromatic heterocycles. The van der Waals surface area contributed by atoms with Gasteiger partial charge >= 0.3 is 0 Å². The van der Waals surface area contributed by atoms with E-state index in [1.165, 1.54) is 23.1 Å². The fourth-order valence-electron chi connectivity index (χ4n) is 2.73. The second-order valence-corrected chi connectivity index (χ2v) is 8.70. The SMILES string of the molecule is CCOc1ccc(C(=O)Nc2nnc(SCC(=O)Nc3cc(C)cc(C)c3)s2)cc1. The zero-order chi connectivity index (χ0) is 21.5. The lowest BCUT2D eigenvalue weighted by Gasteiger charge is -2.06. The van der Waals surface area contributed by atoms with E-state index in [4.69, 9.17) is 4.74 Å². The van der Waals surface area contributed by atoms with Crippen LogP contribution in [0.1, 0.15) is 28.4 Å². The summed E-state index contributed by atoms with van der Waals surface area (Å²) in [6.07, 6.45) is 0. The molecule has 0 saturated heterocycles. The molecule has 9 heteroatoms. The first-order valence-electron chi connectivity index (χ1n) is 9.31. The van der Waals surface area contributed by atoms with Crippen LogP contribution in [0.4, 0.5) is 10.8 Å². The van der Waals surface area contributed by atoms with Crippen molar-refractivity contribution in [3.8, 4) is 5.75 Å². The van der Waals surface area contributed by atoms with Gasteiger partial charge in [0.05, 0.1) is 12.4 Å². The van der Waals surface area contributed by atoms with Gasteiger partial charge in [-0.15, -0.1) is 10.2 Å². The van der Waals surface area contributed by atoms with E-state index in [9.17, 15) is 9.59 Å². The molecule has 0 saturated carbocycles. The lowest BCUT2D eigenvalue weighted by atomic mass is 10.1. The van der Waals surface area contributed by atoms with Gasteiger partial charge in [-0.2, -0.15) is 0 Å². The number of thioether (sulfide) groups is 1. The van der Waals surface area contributed by atoms with Gasteiger partial charge < -0.3 is 10.1 Å². The lowest BCUT2D eigenvalue weighted by molar-refractivity contribution is -0.113. The van der Waals surface area contributed by atoms with Crippen molar-refractivity contribution in [3.05, 3.63) is 59.2 Å². The number of aromatic nitrogens is 2. The van der Waals surface area contributed by atoms with Crippen molar-refractivity contribution >= 4 is 45.7 Å². The highest BCUT2D eigenvalue weighted by molar-refractivity contribution is 8.01. The van der Waals surface area contributed by atoms with E-state index in [0.717, 1.165) is 16.8 Å². The van der Waals surface area contributed by atoms with Crippen molar-refractivity contribution in [1.29, 1.82) is 0 Å². The molecule has 0 radical (unpaired) electrons. The molecule has 0 aliphatic carbocycles. The number of amides is 2. The highest BCUT2D eigenvalue weighted by atomic mass is 32.2. The molecule has 0 bridgehead atoms. The molecule has 2 amide bonds. The number of hydrogen-bond donors (Lipinski definition) is 2. The average molecular weight is 443 g/mol. The Balaban J connectivity index is 1.50. The lowest BCUT2D eigenvalue weighted by Crippen LogP contribution is -2.14. The maximum absolute atomic E-state index is 12.3. The minimum Gasteiger partial charge on any atom is -0.494 e. The number of rotatable bonds is 8. The molecule has 7 nitrogen and oxygen atoms in total. The normalized spacial score (nSPS) is 10.5. The van der Waals surface area contributed by atoms with Gasteiger partial charge in [-0.25, -0.2) is 0 Å². The number of aryl methyl sites for hydroxylation is 2. The first-order chi connectivity index (χ1) is 14.4. The Morgan fingerprint density at radius 3 is 2.40 bits per heavy atom. The van der Waals surface area contributed by atoms with E-state index < -0.39 is 0 Å². The largest absolute Gasteiger partial charge is 0.494 e. The number of hydrogen-bond acceptors (Lipinski definition) is 7. The van der Waals surface area contributed by atoms with Gasteiger partial charge in [-0.1, -0.05) is 29.2 Å². The van der Waals surface area contributed by atoms with Gasteiger partial charge in [-0.3, -0.25) is 14.9 Å². The minimum atomic E-state index is -0.279. The topological polar surface area (TPSA) is 93.2 Å². The summed E-state index contributed by atoms with van der Waals surface area (Å²) < 4.78 is 5.97. The number of nitrogens with one attached hydrogen (secondary N) is 2. The smallest absolute Gasteiger partial charge is 0.257 e. The maximum Gasteiger partial charge on any atom is 0.257 e. The summed E-state index contributed by atoms with van der Waals surface area (Å²) in [6, 6.07) is 12.8. The Labute approximate surface area is 183 Å². The molecule has 2 aromatic carbocycles. The Morgan fingerprint density at radius 2 is 1.73 bits per heavy atom. The molecule has 2 N–H and O–H groups in total. The number of carbonyl (C=O) groups is 2. The van der Waals surface area contributed by atoms with Gasteiger partial charge in [0.15, 0.2) is 4.34 Å². The number of benzene rings is 2. The summed E-state index contributed by atoms with van der Waals surface area (Å²) in [4.78, 5) is 24.5. The fourth-order valence-corrected chi connectivity index (χ4v) is 4.28. The van der Waals surface area contributed by atoms with Crippen LogP contribution in [0, 0.1) is 13.8 Å². The third-order valence-electron chi connectivity index (χ3n) is 3.89. The molecule has 3 aromatic rings. The van der Waals surface area contributed by atoms with Crippen molar-refractivity contribution in [3.63, 3.8) is 0 Å². The Bertz CT molecular complexity index is 1010. The number of nitrogens with zero attached hydrogens (tertiary/aromatic N) is 2. The quantitative estimate of drug-likeness (QED) is 0.393. The summed E-state index contributed by atoms with van der Waals surface area (Å²) in [5, 5.41) is 14.0. The third-order valence-corrected chi connectivity index (χ3v) is 5.86. The van der Waals surface area contributed by atoms with Gasteiger partial charge in [0, 0.05) is 11.3 Å². The van der Waals surface area contributed by atoms with Gasteiger partial charge in [0.1, 0.15) is 5.75 Å². The van der Waals surface area contributed by atoms with E-state index in [1.807, 2.05) is 32.9 Å². The van der Waals surface area contributed by atoms with Crippen molar-refractivity contribution < 1.29 is 14.3 Å². The molecule has 0 aliphatic heterocycles. The Morgan fingerprint density at radius 1 is 1.03 bits per heavy atom. The molecular formula is C21H22N4O3S2. The van der Waals surface area contributed by atoms with E-state index in [2.05, 4.69) is 26.9 Å². The van der Waals surface area contributed by atoms with Gasteiger partial charge in [0.2, 0.25) is 11.0 Å². The summed E-state index contributed by atoms with van der Waals surface area (Å²) in [7, 11) is 0. The monoisotopic (exact) mass is 442 g/mol. The van der Waals surface area contributed by atoms with Crippen LogP contribution in [0.15, 0.2) is 46.8 Å². The fraction of sp³-hybridized carbons (Fsp3) is 0.238. The number of carbonyl (C=O) groups excluding carboxylic acids is 2. The molecule has 156 valence electrons. The molecule has 0 aliphatic rings. The second-order valence-electron chi connectivity index (χ2n) is 6.50. The predicted octanol–water partition coefficient (Wildman–Crippen LogP) is 4.54. The summed E-state index contributed by atoms with van der Waals surface area (Å²) >= 11 is 2.50. The van der Waals surface area contributed by atoms with Crippen molar-refractivity contribution in [2.75, 3.05) is 23.0 Å². The zero-order valence-electron chi connectivity index (χ0n) is 16.9. The molecule has 0 unspecified atom stereocenters. The zero-order valence-corrected chi connectivity index (χ0v) is 18.5. The van der Waals surface area contributed by atoms with Crippen LogP contribution in [-0.4, -0.2) is 34.4 Å². The van der Waals surface area contributed by atoms with Crippen molar-refractivity contribution in [2.45, 2.75) is 25.1 Å². The maximum atomic E-state index is 12.3. The minimum absolute atomic E-state index is 0.125. The van der Waals surface area contributed by atoms with E-state index in [0.29, 0.717) is 27.4 Å². The predicted molar refractivity (Wildman–Crippen MR) is 121 cm³/mol. The second kappa shape index (κ2) is 10.2. The van der Waals surface area contributed by atoms with Crippen molar-refractivity contribution in [1.82, 2.24) is 10.2 Å². The highest BCUT2D eigenvalue weighted by Gasteiger charge is 2.12.